The molecule has 0 atom stereocenters. The molecule has 3 aromatic carbocycles. The molecule has 0 saturated carbocycles. The molecule has 0 fully saturated rings. The van der Waals surface area contributed by atoms with Gasteiger partial charge < -0.3 is 24.1 Å². The van der Waals surface area contributed by atoms with Crippen LogP contribution in [0.5, 0.6) is 23.0 Å². The van der Waals surface area contributed by atoms with Gasteiger partial charge in [-0.3, -0.25) is 0 Å². The van der Waals surface area contributed by atoms with Crippen molar-refractivity contribution in [1.29, 1.82) is 0 Å². The highest BCUT2D eigenvalue weighted by atomic mass is 19.1. The summed E-state index contributed by atoms with van der Waals surface area (Å²) >= 11 is 0. The number of carboxylic acids is 1. The molecule has 0 bridgehead atoms. The van der Waals surface area contributed by atoms with Gasteiger partial charge in [0.05, 0.1) is 19.8 Å². The van der Waals surface area contributed by atoms with E-state index in [1.807, 2.05) is 0 Å². The van der Waals surface area contributed by atoms with Crippen LogP contribution in [0, 0.1) is 5.82 Å². The van der Waals surface area contributed by atoms with Crippen molar-refractivity contribution in [3.05, 3.63) is 83.2 Å². The van der Waals surface area contributed by atoms with Gasteiger partial charge in [0.25, 0.3) is 0 Å². The van der Waals surface area contributed by atoms with E-state index in [4.69, 9.17) is 18.9 Å². The van der Waals surface area contributed by atoms with Gasteiger partial charge in [-0.05, 0) is 47.5 Å². The molecule has 7 heteroatoms. The van der Waals surface area contributed by atoms with Crippen LogP contribution in [0.1, 0.15) is 21.5 Å². The fraction of sp³-hybridized carbons (Fsp3) is 0.174. The van der Waals surface area contributed by atoms with Gasteiger partial charge >= 0.3 is 5.97 Å². The number of carbonyl (C=O) groups is 1. The van der Waals surface area contributed by atoms with E-state index in [-0.39, 0.29) is 30.3 Å². The Bertz CT molecular complexity index is 999. The zero-order valence-corrected chi connectivity index (χ0v) is 16.6. The Morgan fingerprint density at radius 1 is 0.833 bits per heavy atom. The molecule has 0 aliphatic rings. The van der Waals surface area contributed by atoms with Gasteiger partial charge in [0.15, 0.2) is 17.3 Å². The Kier molecular flexibility index (Phi) is 6.75. The van der Waals surface area contributed by atoms with E-state index in [9.17, 15) is 14.3 Å². The number of ether oxygens (including phenoxy) is 4. The van der Waals surface area contributed by atoms with E-state index < -0.39 is 11.8 Å². The van der Waals surface area contributed by atoms with Crippen molar-refractivity contribution < 1.29 is 33.2 Å². The third kappa shape index (κ3) is 5.20. The molecule has 6 nitrogen and oxygen atoms in total. The molecule has 0 radical (unpaired) electrons. The van der Waals surface area contributed by atoms with Crippen molar-refractivity contribution in [1.82, 2.24) is 0 Å². The van der Waals surface area contributed by atoms with Crippen LogP contribution in [-0.4, -0.2) is 25.3 Å². The minimum atomic E-state index is -1.26. The van der Waals surface area contributed by atoms with Crippen molar-refractivity contribution in [2.75, 3.05) is 14.2 Å². The molecule has 0 amide bonds. The SMILES string of the molecule is COc1ccc(COc2cc(C(=O)O)cc(F)c2OCc2ccc(OC)cc2)cc1. The number of methoxy groups -OCH3 is 2. The zero-order valence-electron chi connectivity index (χ0n) is 16.6. The molecule has 3 aromatic rings. The first kappa shape index (κ1) is 21.0. The minimum Gasteiger partial charge on any atom is -0.497 e. The predicted octanol–water partition coefficient (Wildman–Crippen LogP) is 4.70. The molecule has 3 rings (SSSR count). The highest BCUT2D eigenvalue weighted by molar-refractivity contribution is 5.88. The lowest BCUT2D eigenvalue weighted by molar-refractivity contribution is 0.0695. The zero-order chi connectivity index (χ0) is 21.5. The summed E-state index contributed by atoms with van der Waals surface area (Å²) in [5, 5.41) is 9.24. The molecule has 0 aliphatic carbocycles. The first-order valence-electron chi connectivity index (χ1n) is 9.08. The van der Waals surface area contributed by atoms with Gasteiger partial charge in [-0.25, -0.2) is 9.18 Å². The molecule has 0 unspecified atom stereocenters. The van der Waals surface area contributed by atoms with Crippen molar-refractivity contribution in [3.8, 4) is 23.0 Å². The van der Waals surface area contributed by atoms with Gasteiger partial charge in [-0.1, -0.05) is 24.3 Å². The summed E-state index contributed by atoms with van der Waals surface area (Å²) in [7, 11) is 3.13. The number of hydrogen-bond donors (Lipinski definition) is 1. The number of rotatable bonds is 9. The maximum Gasteiger partial charge on any atom is 0.335 e. The minimum absolute atomic E-state index is 0.0109. The van der Waals surface area contributed by atoms with E-state index in [0.29, 0.717) is 11.5 Å². The van der Waals surface area contributed by atoms with Crippen LogP contribution in [0.15, 0.2) is 60.7 Å². The standard InChI is InChI=1S/C23H21FO6/c1-27-18-7-3-15(4-8-18)13-29-21-12-17(23(25)26)11-20(24)22(21)30-14-16-5-9-19(28-2)10-6-16/h3-12H,13-14H2,1-2H3,(H,25,26). The quantitative estimate of drug-likeness (QED) is 0.549. The number of aromatic carboxylic acids is 1. The average molecular weight is 412 g/mol. The summed E-state index contributed by atoms with van der Waals surface area (Å²) in [4.78, 5) is 11.3. The highest BCUT2D eigenvalue weighted by Gasteiger charge is 2.18. The van der Waals surface area contributed by atoms with Crippen LogP contribution in [0.2, 0.25) is 0 Å². The Morgan fingerprint density at radius 3 is 1.80 bits per heavy atom. The maximum atomic E-state index is 14.6. The summed E-state index contributed by atoms with van der Waals surface area (Å²) in [6.07, 6.45) is 0. The van der Waals surface area contributed by atoms with Crippen molar-refractivity contribution in [2.24, 2.45) is 0 Å². The molecule has 0 aliphatic heterocycles. The molecule has 0 aromatic heterocycles. The van der Waals surface area contributed by atoms with E-state index in [1.54, 1.807) is 62.8 Å². The number of halogens is 1. The Labute approximate surface area is 173 Å². The second kappa shape index (κ2) is 9.65. The van der Waals surface area contributed by atoms with E-state index >= 15 is 0 Å². The highest BCUT2D eigenvalue weighted by Crippen LogP contribution is 2.33. The normalized spacial score (nSPS) is 10.4. The second-order valence-electron chi connectivity index (χ2n) is 6.36. The van der Waals surface area contributed by atoms with Gasteiger partial charge in [0, 0.05) is 0 Å². The molecule has 156 valence electrons. The summed E-state index contributed by atoms with van der Waals surface area (Å²) in [5.41, 5.74) is 1.37. The van der Waals surface area contributed by atoms with Crippen LogP contribution < -0.4 is 18.9 Å². The fourth-order valence-corrected chi connectivity index (χ4v) is 2.70. The van der Waals surface area contributed by atoms with Crippen molar-refractivity contribution in [3.63, 3.8) is 0 Å². The van der Waals surface area contributed by atoms with Crippen LogP contribution in [-0.2, 0) is 13.2 Å². The van der Waals surface area contributed by atoms with Gasteiger partial charge in [0.2, 0.25) is 0 Å². The lowest BCUT2D eigenvalue weighted by atomic mass is 10.2. The van der Waals surface area contributed by atoms with E-state index in [2.05, 4.69) is 0 Å². The monoisotopic (exact) mass is 412 g/mol. The summed E-state index contributed by atoms with van der Waals surface area (Å²) in [6.45, 7) is 0.178. The molecule has 1 N–H and O–H groups in total. The predicted molar refractivity (Wildman–Crippen MR) is 108 cm³/mol. The van der Waals surface area contributed by atoms with Crippen molar-refractivity contribution in [2.45, 2.75) is 13.2 Å². The van der Waals surface area contributed by atoms with Crippen LogP contribution in [0.4, 0.5) is 4.39 Å². The lowest BCUT2D eigenvalue weighted by Crippen LogP contribution is -2.05. The molecular formula is C23H21FO6. The Hall–Kier alpha value is -3.74. The summed E-state index contributed by atoms with van der Waals surface area (Å²) in [5.74, 6) is -0.820. The molecule has 0 saturated heterocycles. The topological polar surface area (TPSA) is 74.2 Å². The van der Waals surface area contributed by atoms with E-state index in [1.165, 1.54) is 6.07 Å². The molecule has 30 heavy (non-hydrogen) atoms. The summed E-state index contributed by atoms with van der Waals surface area (Å²) in [6, 6.07) is 16.4. The third-order valence-electron chi connectivity index (χ3n) is 4.35. The molecular weight excluding hydrogens is 391 g/mol. The molecule has 0 spiro atoms. The third-order valence-corrected chi connectivity index (χ3v) is 4.35. The largest absolute Gasteiger partial charge is 0.497 e. The van der Waals surface area contributed by atoms with E-state index in [0.717, 1.165) is 17.2 Å². The number of benzene rings is 3. The van der Waals surface area contributed by atoms with Crippen LogP contribution >= 0.6 is 0 Å². The van der Waals surface area contributed by atoms with Gasteiger partial charge in [-0.2, -0.15) is 0 Å². The average Bonchev–Trinajstić information content (AvgIpc) is 2.77. The van der Waals surface area contributed by atoms with Crippen molar-refractivity contribution >= 4 is 5.97 Å². The maximum absolute atomic E-state index is 14.6. The Morgan fingerprint density at radius 2 is 1.33 bits per heavy atom. The van der Waals surface area contributed by atoms with Crippen LogP contribution in [0.3, 0.4) is 0 Å². The second-order valence-corrected chi connectivity index (χ2v) is 6.36. The smallest absolute Gasteiger partial charge is 0.335 e. The summed E-state index contributed by atoms with van der Waals surface area (Å²) < 4.78 is 36.2. The van der Waals surface area contributed by atoms with Crippen LogP contribution in [0.25, 0.3) is 0 Å². The number of carboxylic acid groups (broad SMARTS) is 1. The lowest BCUT2D eigenvalue weighted by Gasteiger charge is -2.15. The Balaban J connectivity index is 1.80. The first-order valence-corrected chi connectivity index (χ1v) is 9.08. The fourth-order valence-electron chi connectivity index (χ4n) is 2.70. The number of hydrogen-bond acceptors (Lipinski definition) is 5. The first-order chi connectivity index (χ1) is 14.5. The van der Waals surface area contributed by atoms with Gasteiger partial charge in [-0.15, -0.1) is 0 Å². The van der Waals surface area contributed by atoms with Gasteiger partial charge in [0.1, 0.15) is 24.7 Å². The molecule has 0 heterocycles.